The van der Waals surface area contributed by atoms with Crippen LogP contribution in [-0.2, 0) is 4.79 Å². The molecule has 132 valence electrons. The molecule has 1 aliphatic rings. The Labute approximate surface area is 147 Å². The molecule has 2 aromatic rings. The monoisotopic (exact) mass is 342 g/mol. The quantitative estimate of drug-likeness (QED) is 0.843. The molecule has 6 nitrogen and oxygen atoms in total. The second-order valence-electron chi connectivity index (χ2n) is 5.83. The molecule has 0 radical (unpaired) electrons. The van der Waals surface area contributed by atoms with Crippen LogP contribution < -0.4 is 24.8 Å². The summed E-state index contributed by atoms with van der Waals surface area (Å²) in [6.07, 6.45) is 0.403. The molecule has 0 bridgehead atoms. The summed E-state index contributed by atoms with van der Waals surface area (Å²) in [7, 11) is 4.64. The topological polar surface area (TPSA) is 68.8 Å². The summed E-state index contributed by atoms with van der Waals surface area (Å²) >= 11 is 0. The highest BCUT2D eigenvalue weighted by molar-refractivity contribution is 5.92. The molecule has 1 heterocycles. The van der Waals surface area contributed by atoms with E-state index in [2.05, 4.69) is 16.7 Å². The first-order valence-electron chi connectivity index (χ1n) is 8.09. The number of fused-ring (bicyclic) bond motifs is 1. The van der Waals surface area contributed by atoms with Crippen LogP contribution in [0.3, 0.4) is 0 Å². The van der Waals surface area contributed by atoms with Gasteiger partial charge in [-0.3, -0.25) is 4.79 Å². The molecule has 1 aliphatic heterocycles. The number of nitrogens with one attached hydrogen (secondary N) is 2. The van der Waals surface area contributed by atoms with Crippen molar-refractivity contribution in [1.29, 1.82) is 0 Å². The number of benzene rings is 2. The lowest BCUT2D eigenvalue weighted by Crippen LogP contribution is -2.17. The number of anilines is 2. The molecule has 3 rings (SSSR count). The molecule has 1 amide bonds. The number of hydrogen-bond acceptors (Lipinski definition) is 5. The molecular weight excluding hydrogens is 320 g/mol. The van der Waals surface area contributed by atoms with Crippen LogP contribution >= 0.6 is 0 Å². The van der Waals surface area contributed by atoms with Crippen molar-refractivity contribution < 1.29 is 19.0 Å². The number of rotatable bonds is 6. The van der Waals surface area contributed by atoms with Gasteiger partial charge in [-0.25, -0.2) is 0 Å². The number of methoxy groups -OCH3 is 3. The Hall–Kier alpha value is -2.89. The third-order valence-corrected chi connectivity index (χ3v) is 4.32. The number of amides is 1. The molecular formula is C19H22N2O4. The Morgan fingerprint density at radius 2 is 1.80 bits per heavy atom. The average Bonchev–Trinajstić information content (AvgIpc) is 3.03. The number of ether oxygens (including phenoxy) is 3. The largest absolute Gasteiger partial charge is 0.493 e. The van der Waals surface area contributed by atoms with Crippen LogP contribution in [0.4, 0.5) is 11.4 Å². The molecule has 2 N–H and O–H groups in total. The molecule has 0 aromatic heterocycles. The number of carbonyl (C=O) groups is 1. The van der Waals surface area contributed by atoms with Gasteiger partial charge in [0.2, 0.25) is 11.7 Å². The predicted octanol–water partition coefficient (Wildman–Crippen LogP) is 3.25. The normalized spacial score (nSPS) is 15.1. The lowest BCUT2D eigenvalue weighted by Gasteiger charge is -2.15. The van der Waals surface area contributed by atoms with Gasteiger partial charge in [0.1, 0.15) is 0 Å². The highest BCUT2D eigenvalue weighted by Crippen LogP contribution is 2.40. The van der Waals surface area contributed by atoms with Crippen molar-refractivity contribution in [3.8, 4) is 17.2 Å². The minimum atomic E-state index is -0.0576. The summed E-state index contributed by atoms with van der Waals surface area (Å²) in [5.41, 5.74) is 2.90. The fourth-order valence-electron chi connectivity index (χ4n) is 3.13. The zero-order valence-electron chi connectivity index (χ0n) is 14.6. The van der Waals surface area contributed by atoms with Crippen molar-refractivity contribution in [2.45, 2.75) is 12.3 Å². The summed E-state index contributed by atoms with van der Waals surface area (Å²) in [5, 5.41) is 6.25. The van der Waals surface area contributed by atoms with E-state index in [4.69, 9.17) is 14.2 Å². The van der Waals surface area contributed by atoms with Gasteiger partial charge in [-0.2, -0.15) is 0 Å². The summed E-state index contributed by atoms with van der Waals surface area (Å²) in [4.78, 5) is 12.5. The van der Waals surface area contributed by atoms with E-state index in [0.29, 0.717) is 29.4 Å². The Kier molecular flexibility index (Phi) is 4.97. The molecule has 6 heteroatoms. The molecule has 1 unspecified atom stereocenters. The van der Waals surface area contributed by atoms with Crippen LogP contribution in [0.15, 0.2) is 36.4 Å². The molecule has 0 spiro atoms. The first-order valence-corrected chi connectivity index (χ1v) is 8.09. The SMILES string of the molecule is COc1cc(NC(=O)CC2CNc3ccccc32)cc(OC)c1OC. The van der Waals surface area contributed by atoms with Crippen LogP contribution in [0.1, 0.15) is 17.9 Å². The van der Waals surface area contributed by atoms with Crippen molar-refractivity contribution in [1.82, 2.24) is 0 Å². The lowest BCUT2D eigenvalue weighted by molar-refractivity contribution is -0.116. The van der Waals surface area contributed by atoms with E-state index in [1.165, 1.54) is 5.56 Å². The standard InChI is InChI=1S/C19H22N2O4/c1-23-16-9-13(10-17(24-2)19(16)25-3)21-18(22)8-12-11-20-15-7-5-4-6-14(12)15/h4-7,9-10,12,20H,8,11H2,1-3H3,(H,21,22). The maximum absolute atomic E-state index is 12.5. The van der Waals surface area contributed by atoms with Gasteiger partial charge in [0.15, 0.2) is 11.5 Å². The van der Waals surface area contributed by atoms with E-state index in [-0.39, 0.29) is 11.8 Å². The zero-order valence-corrected chi connectivity index (χ0v) is 14.6. The fraction of sp³-hybridized carbons (Fsp3) is 0.316. The van der Waals surface area contributed by atoms with Gasteiger partial charge in [-0.05, 0) is 11.6 Å². The minimum Gasteiger partial charge on any atom is -0.493 e. The second kappa shape index (κ2) is 7.34. The lowest BCUT2D eigenvalue weighted by atomic mass is 9.97. The Bertz CT molecular complexity index is 751. The van der Waals surface area contributed by atoms with Crippen LogP contribution in [0.2, 0.25) is 0 Å². The Balaban J connectivity index is 1.73. The van der Waals surface area contributed by atoms with Crippen molar-refractivity contribution in [2.75, 3.05) is 38.5 Å². The zero-order chi connectivity index (χ0) is 17.8. The van der Waals surface area contributed by atoms with Gasteiger partial charge in [0, 0.05) is 42.4 Å². The van der Waals surface area contributed by atoms with Crippen LogP contribution in [-0.4, -0.2) is 33.8 Å². The van der Waals surface area contributed by atoms with E-state index in [1.807, 2.05) is 18.2 Å². The number of para-hydroxylation sites is 1. The minimum absolute atomic E-state index is 0.0576. The number of hydrogen-bond donors (Lipinski definition) is 2. The van der Waals surface area contributed by atoms with Crippen LogP contribution in [0, 0.1) is 0 Å². The van der Waals surface area contributed by atoms with Gasteiger partial charge in [-0.1, -0.05) is 18.2 Å². The molecule has 2 aromatic carbocycles. The molecule has 0 fully saturated rings. The summed E-state index contributed by atoms with van der Waals surface area (Å²) in [5.74, 6) is 1.61. The third kappa shape index (κ3) is 3.47. The maximum atomic E-state index is 12.5. The predicted molar refractivity (Wildman–Crippen MR) is 97.0 cm³/mol. The summed E-state index contributed by atoms with van der Waals surface area (Å²) in [6.45, 7) is 0.766. The highest BCUT2D eigenvalue weighted by Gasteiger charge is 2.24. The van der Waals surface area contributed by atoms with Crippen molar-refractivity contribution in [3.05, 3.63) is 42.0 Å². The maximum Gasteiger partial charge on any atom is 0.225 e. The fourth-order valence-corrected chi connectivity index (χ4v) is 3.13. The molecule has 0 saturated carbocycles. The molecule has 1 atom stereocenters. The third-order valence-electron chi connectivity index (χ3n) is 4.32. The van der Waals surface area contributed by atoms with Gasteiger partial charge >= 0.3 is 0 Å². The van der Waals surface area contributed by atoms with Crippen LogP contribution in [0.5, 0.6) is 17.2 Å². The Morgan fingerprint density at radius 1 is 1.12 bits per heavy atom. The number of carbonyl (C=O) groups excluding carboxylic acids is 1. The van der Waals surface area contributed by atoms with Crippen molar-refractivity contribution >= 4 is 17.3 Å². The second-order valence-corrected chi connectivity index (χ2v) is 5.83. The van der Waals surface area contributed by atoms with Gasteiger partial charge in [0.05, 0.1) is 21.3 Å². The molecule has 25 heavy (non-hydrogen) atoms. The summed E-state index contributed by atoms with van der Waals surface area (Å²) in [6, 6.07) is 11.5. The molecule has 0 aliphatic carbocycles. The van der Waals surface area contributed by atoms with Gasteiger partial charge in [0.25, 0.3) is 0 Å². The first-order chi connectivity index (χ1) is 12.2. The summed E-state index contributed by atoms with van der Waals surface area (Å²) < 4.78 is 15.9. The first kappa shape index (κ1) is 17.0. The van der Waals surface area contributed by atoms with Gasteiger partial charge < -0.3 is 24.8 Å². The highest BCUT2D eigenvalue weighted by atomic mass is 16.5. The van der Waals surface area contributed by atoms with E-state index in [9.17, 15) is 4.79 Å². The molecule has 0 saturated heterocycles. The van der Waals surface area contributed by atoms with Crippen molar-refractivity contribution in [3.63, 3.8) is 0 Å². The smallest absolute Gasteiger partial charge is 0.225 e. The van der Waals surface area contributed by atoms with E-state index >= 15 is 0 Å². The average molecular weight is 342 g/mol. The van der Waals surface area contributed by atoms with Crippen molar-refractivity contribution in [2.24, 2.45) is 0 Å². The van der Waals surface area contributed by atoms with E-state index < -0.39 is 0 Å². The van der Waals surface area contributed by atoms with E-state index in [1.54, 1.807) is 33.5 Å². The van der Waals surface area contributed by atoms with Gasteiger partial charge in [-0.15, -0.1) is 0 Å². The van der Waals surface area contributed by atoms with E-state index in [0.717, 1.165) is 12.2 Å². The van der Waals surface area contributed by atoms with Crippen LogP contribution in [0.25, 0.3) is 0 Å². The Morgan fingerprint density at radius 3 is 2.44 bits per heavy atom.